The van der Waals surface area contributed by atoms with Crippen molar-refractivity contribution in [3.8, 4) is 0 Å². The van der Waals surface area contributed by atoms with Crippen molar-refractivity contribution >= 4 is 29.7 Å². The number of nitro benzene ring substituents is 1. The molecule has 0 aliphatic carbocycles. The smallest absolute Gasteiger partial charge is 0.292 e. The summed E-state index contributed by atoms with van der Waals surface area (Å²) >= 11 is 0. The Morgan fingerprint density at radius 1 is 1.48 bits per heavy atom. The summed E-state index contributed by atoms with van der Waals surface area (Å²) in [5, 5.41) is 13.7. The summed E-state index contributed by atoms with van der Waals surface area (Å²) in [5.41, 5.74) is 5.92. The minimum atomic E-state index is -0.452. The van der Waals surface area contributed by atoms with Crippen LogP contribution in [0.1, 0.15) is 13.3 Å². The fourth-order valence-corrected chi connectivity index (χ4v) is 1.67. The zero-order valence-electron chi connectivity index (χ0n) is 12.1. The summed E-state index contributed by atoms with van der Waals surface area (Å²) in [6.07, 6.45) is 0.257. The number of carbonyl (C=O) groups is 1. The first-order valence-electron chi connectivity index (χ1n) is 6.40. The van der Waals surface area contributed by atoms with Crippen LogP contribution in [0.5, 0.6) is 0 Å². The van der Waals surface area contributed by atoms with E-state index in [1.807, 2.05) is 6.92 Å². The summed E-state index contributed by atoms with van der Waals surface area (Å²) in [6.45, 7) is 2.61. The third-order valence-electron chi connectivity index (χ3n) is 3.15. The molecular formula is C13H21ClN4O3. The van der Waals surface area contributed by atoms with E-state index in [1.54, 1.807) is 30.1 Å². The van der Waals surface area contributed by atoms with Gasteiger partial charge in [-0.2, -0.15) is 0 Å². The number of anilines is 1. The molecule has 0 radical (unpaired) electrons. The third kappa shape index (κ3) is 5.57. The summed E-state index contributed by atoms with van der Waals surface area (Å²) in [5.74, 6) is -0.0472. The zero-order valence-corrected chi connectivity index (χ0v) is 12.9. The Bertz CT molecular complexity index is 484. The Morgan fingerprint density at radius 2 is 2.10 bits per heavy atom. The van der Waals surface area contributed by atoms with Gasteiger partial charge < -0.3 is 16.0 Å². The lowest BCUT2D eigenvalue weighted by Crippen LogP contribution is -2.40. The molecule has 21 heavy (non-hydrogen) atoms. The summed E-state index contributed by atoms with van der Waals surface area (Å²) in [7, 11) is 1.70. The van der Waals surface area contributed by atoms with E-state index in [9.17, 15) is 14.9 Å². The number of nitro groups is 1. The van der Waals surface area contributed by atoms with Crippen molar-refractivity contribution in [2.45, 2.75) is 19.4 Å². The van der Waals surface area contributed by atoms with Crippen LogP contribution in [-0.4, -0.2) is 41.9 Å². The average Bonchev–Trinajstić information content (AvgIpc) is 2.45. The van der Waals surface area contributed by atoms with Crippen LogP contribution in [0.3, 0.4) is 0 Å². The SMILES string of the molecule is CC(CN)N(C)C(=O)CCNc1ccccc1[N+](=O)[O-].Cl. The van der Waals surface area contributed by atoms with Gasteiger partial charge in [-0.3, -0.25) is 14.9 Å². The quantitative estimate of drug-likeness (QED) is 0.588. The van der Waals surface area contributed by atoms with E-state index in [0.29, 0.717) is 18.8 Å². The molecule has 0 saturated carbocycles. The number of nitrogens with zero attached hydrogens (tertiary/aromatic N) is 2. The lowest BCUT2D eigenvalue weighted by atomic mass is 10.2. The van der Waals surface area contributed by atoms with E-state index >= 15 is 0 Å². The van der Waals surface area contributed by atoms with Crippen LogP contribution in [0.4, 0.5) is 11.4 Å². The highest BCUT2D eigenvalue weighted by atomic mass is 35.5. The van der Waals surface area contributed by atoms with E-state index in [-0.39, 0.29) is 36.5 Å². The van der Waals surface area contributed by atoms with Crippen LogP contribution >= 0.6 is 12.4 Å². The second-order valence-corrected chi connectivity index (χ2v) is 4.54. The van der Waals surface area contributed by atoms with Gasteiger partial charge in [-0.25, -0.2) is 0 Å². The molecule has 7 nitrogen and oxygen atoms in total. The highest BCUT2D eigenvalue weighted by molar-refractivity contribution is 5.85. The van der Waals surface area contributed by atoms with Crippen molar-refractivity contribution in [1.82, 2.24) is 4.90 Å². The molecule has 1 aromatic carbocycles. The molecule has 0 fully saturated rings. The minimum absolute atomic E-state index is 0. The van der Waals surface area contributed by atoms with Gasteiger partial charge in [-0.05, 0) is 13.0 Å². The van der Waals surface area contributed by atoms with E-state index in [2.05, 4.69) is 5.32 Å². The molecule has 0 spiro atoms. The van der Waals surface area contributed by atoms with E-state index in [1.165, 1.54) is 6.07 Å². The van der Waals surface area contributed by atoms with Crippen molar-refractivity contribution in [3.05, 3.63) is 34.4 Å². The highest BCUT2D eigenvalue weighted by Gasteiger charge is 2.15. The lowest BCUT2D eigenvalue weighted by molar-refractivity contribution is -0.384. The van der Waals surface area contributed by atoms with Crippen molar-refractivity contribution in [2.24, 2.45) is 5.73 Å². The van der Waals surface area contributed by atoms with Crippen LogP contribution in [0.15, 0.2) is 24.3 Å². The fraction of sp³-hybridized carbons (Fsp3) is 0.462. The molecule has 0 bridgehead atoms. The maximum atomic E-state index is 11.8. The molecule has 0 aromatic heterocycles. The third-order valence-corrected chi connectivity index (χ3v) is 3.15. The molecule has 1 amide bonds. The van der Waals surface area contributed by atoms with E-state index in [0.717, 1.165) is 0 Å². The molecule has 0 heterocycles. The van der Waals surface area contributed by atoms with Gasteiger partial charge in [-0.1, -0.05) is 12.1 Å². The lowest BCUT2D eigenvalue weighted by Gasteiger charge is -2.23. The van der Waals surface area contributed by atoms with Gasteiger partial charge in [0.15, 0.2) is 0 Å². The second kappa shape index (κ2) is 9.15. The summed E-state index contributed by atoms with van der Waals surface area (Å²) in [4.78, 5) is 23.8. The van der Waals surface area contributed by atoms with E-state index in [4.69, 9.17) is 5.73 Å². The number of hydrogen-bond acceptors (Lipinski definition) is 5. The van der Waals surface area contributed by atoms with E-state index < -0.39 is 4.92 Å². The highest BCUT2D eigenvalue weighted by Crippen LogP contribution is 2.22. The standard InChI is InChI=1S/C13H20N4O3.ClH/c1-10(9-14)16(2)13(18)7-8-15-11-5-3-4-6-12(11)17(19)20;/h3-6,10,15H,7-9,14H2,1-2H3;1H. The van der Waals surface area contributed by atoms with Gasteiger partial charge in [0.1, 0.15) is 5.69 Å². The number of likely N-dealkylation sites (N-methyl/N-ethyl adjacent to an activating group) is 1. The number of benzene rings is 1. The average molecular weight is 317 g/mol. The number of halogens is 1. The number of rotatable bonds is 7. The normalized spacial score (nSPS) is 11.2. The maximum absolute atomic E-state index is 11.8. The Labute approximate surface area is 130 Å². The largest absolute Gasteiger partial charge is 0.379 e. The molecule has 0 saturated heterocycles. The van der Waals surface area contributed by atoms with Crippen molar-refractivity contribution in [2.75, 3.05) is 25.5 Å². The first kappa shape index (κ1) is 19.1. The monoisotopic (exact) mass is 316 g/mol. The van der Waals surface area contributed by atoms with Gasteiger partial charge in [-0.15, -0.1) is 12.4 Å². The predicted molar refractivity (Wildman–Crippen MR) is 84.7 cm³/mol. The molecule has 1 rings (SSSR count). The predicted octanol–water partition coefficient (Wildman–Crippen LogP) is 1.62. The van der Waals surface area contributed by atoms with Crippen LogP contribution in [0.2, 0.25) is 0 Å². The van der Waals surface area contributed by atoms with Gasteiger partial charge in [0, 0.05) is 38.7 Å². The number of para-hydroxylation sites is 2. The molecule has 3 N–H and O–H groups in total. The summed E-state index contributed by atoms with van der Waals surface area (Å²) in [6, 6.07) is 6.33. The molecule has 0 aliphatic rings. The Balaban J connectivity index is 0.00000400. The summed E-state index contributed by atoms with van der Waals surface area (Å²) < 4.78 is 0. The molecule has 118 valence electrons. The van der Waals surface area contributed by atoms with Crippen molar-refractivity contribution < 1.29 is 9.72 Å². The Morgan fingerprint density at radius 3 is 2.67 bits per heavy atom. The van der Waals surface area contributed by atoms with Crippen LogP contribution in [0, 0.1) is 10.1 Å². The Hall–Kier alpha value is -1.86. The number of nitrogens with two attached hydrogens (primary N) is 1. The van der Waals surface area contributed by atoms with Gasteiger partial charge in [0.05, 0.1) is 4.92 Å². The Kier molecular flexibility index (Phi) is 8.34. The first-order valence-corrected chi connectivity index (χ1v) is 6.40. The minimum Gasteiger partial charge on any atom is -0.379 e. The second-order valence-electron chi connectivity index (χ2n) is 4.54. The molecular weight excluding hydrogens is 296 g/mol. The number of amides is 1. The molecule has 8 heteroatoms. The maximum Gasteiger partial charge on any atom is 0.292 e. The molecule has 1 unspecified atom stereocenters. The first-order chi connectivity index (χ1) is 9.47. The zero-order chi connectivity index (χ0) is 15.1. The van der Waals surface area contributed by atoms with Crippen LogP contribution < -0.4 is 11.1 Å². The van der Waals surface area contributed by atoms with Gasteiger partial charge >= 0.3 is 0 Å². The van der Waals surface area contributed by atoms with Crippen LogP contribution in [-0.2, 0) is 4.79 Å². The van der Waals surface area contributed by atoms with Gasteiger partial charge in [0.25, 0.3) is 5.69 Å². The van der Waals surface area contributed by atoms with Crippen LogP contribution in [0.25, 0.3) is 0 Å². The van der Waals surface area contributed by atoms with Crippen molar-refractivity contribution in [3.63, 3.8) is 0 Å². The van der Waals surface area contributed by atoms with Gasteiger partial charge in [0.2, 0.25) is 5.91 Å². The number of nitrogens with one attached hydrogen (secondary N) is 1. The number of carbonyl (C=O) groups excluding carboxylic acids is 1. The fourth-order valence-electron chi connectivity index (χ4n) is 1.67. The molecule has 1 aromatic rings. The van der Waals surface area contributed by atoms with Crippen molar-refractivity contribution in [1.29, 1.82) is 0 Å². The molecule has 0 aliphatic heterocycles. The molecule has 1 atom stereocenters. The number of hydrogen-bond donors (Lipinski definition) is 2. The topological polar surface area (TPSA) is 102 Å².